The number of hydrogen-bond donors (Lipinski definition) is 1. The summed E-state index contributed by atoms with van der Waals surface area (Å²) in [6.45, 7) is 1.49. The summed E-state index contributed by atoms with van der Waals surface area (Å²) >= 11 is 0. The molecular formula is C4H8N2O. The molecule has 0 atom stereocenters. The third-order valence-corrected chi connectivity index (χ3v) is 0.917. The minimum atomic E-state index is 0.352. The van der Waals surface area contributed by atoms with Crippen molar-refractivity contribution >= 4 is 6.34 Å². The van der Waals surface area contributed by atoms with Gasteiger partial charge in [-0.2, -0.15) is 0 Å². The minimum Gasteiger partial charge on any atom is -0.390 e. The fourth-order valence-corrected chi connectivity index (χ4v) is 0.431. The van der Waals surface area contributed by atoms with Crippen LogP contribution in [0, 0.1) is 0 Å². The average molecular weight is 100 g/mol. The second-order valence-electron chi connectivity index (χ2n) is 1.49. The quantitative estimate of drug-likeness (QED) is 0.352. The zero-order valence-corrected chi connectivity index (χ0v) is 4.00. The Hall–Kier alpha value is -0.570. The molecule has 0 spiro atoms. The van der Waals surface area contributed by atoms with Gasteiger partial charge in [0.25, 0.3) is 0 Å². The maximum absolute atomic E-state index is 4.99. The van der Waals surface area contributed by atoms with E-state index in [1.165, 1.54) is 6.34 Å². The number of nitrogens with two attached hydrogens (primary N) is 1. The lowest BCUT2D eigenvalue weighted by atomic mass is 10.3. The molecule has 1 aliphatic rings. The summed E-state index contributed by atoms with van der Waals surface area (Å²) < 4.78 is 4.82. The van der Waals surface area contributed by atoms with Crippen molar-refractivity contribution in [3.8, 4) is 0 Å². The number of nitrogens with zero attached hydrogens (tertiary/aromatic N) is 1. The van der Waals surface area contributed by atoms with E-state index in [-0.39, 0.29) is 0 Å². The van der Waals surface area contributed by atoms with Gasteiger partial charge in [-0.1, -0.05) is 0 Å². The van der Waals surface area contributed by atoms with Gasteiger partial charge in [0.05, 0.1) is 25.6 Å². The predicted octanol–water partition coefficient (Wildman–Crippen LogP) is -0.628. The van der Waals surface area contributed by atoms with Crippen LogP contribution in [0.5, 0.6) is 0 Å². The molecule has 0 radical (unpaired) electrons. The van der Waals surface area contributed by atoms with Gasteiger partial charge in [0.2, 0.25) is 0 Å². The third kappa shape index (κ3) is 0.899. The van der Waals surface area contributed by atoms with E-state index in [1.54, 1.807) is 0 Å². The maximum atomic E-state index is 4.99. The smallest absolute Gasteiger partial charge is 0.0983 e. The second-order valence-corrected chi connectivity index (χ2v) is 1.49. The highest BCUT2D eigenvalue weighted by molar-refractivity contribution is 5.51. The summed E-state index contributed by atoms with van der Waals surface area (Å²) in [6, 6.07) is 0.352. The molecule has 1 saturated heterocycles. The number of ether oxygens (including phenoxy) is 1. The zero-order valence-electron chi connectivity index (χ0n) is 4.00. The van der Waals surface area contributed by atoms with Crippen molar-refractivity contribution in [1.29, 1.82) is 0 Å². The van der Waals surface area contributed by atoms with Crippen LogP contribution in [0.25, 0.3) is 0 Å². The molecule has 0 bridgehead atoms. The lowest BCUT2D eigenvalue weighted by Gasteiger charge is -2.20. The second kappa shape index (κ2) is 1.93. The molecule has 1 aliphatic heterocycles. The van der Waals surface area contributed by atoms with Gasteiger partial charge in [-0.15, -0.1) is 0 Å². The van der Waals surface area contributed by atoms with Crippen LogP contribution in [0.2, 0.25) is 0 Å². The molecule has 1 fully saturated rings. The van der Waals surface area contributed by atoms with Crippen molar-refractivity contribution < 1.29 is 4.74 Å². The Balaban J connectivity index is 2.14. The lowest BCUT2D eigenvalue weighted by Crippen LogP contribution is -2.31. The Morgan fingerprint density at radius 3 is 2.57 bits per heavy atom. The van der Waals surface area contributed by atoms with E-state index < -0.39 is 0 Å². The Kier molecular flexibility index (Phi) is 1.26. The van der Waals surface area contributed by atoms with Crippen LogP contribution < -0.4 is 5.73 Å². The molecule has 40 valence electrons. The molecule has 1 rings (SSSR count). The van der Waals surface area contributed by atoms with Gasteiger partial charge >= 0.3 is 0 Å². The standard InChI is InChI=1S/C4H8N2O/c5-3-6-4-1-7-2-4/h3-4H,1-2H2,(H2,5,6). The van der Waals surface area contributed by atoms with Crippen molar-refractivity contribution in [2.75, 3.05) is 13.2 Å². The maximum Gasteiger partial charge on any atom is 0.0983 e. The molecule has 3 heteroatoms. The molecule has 2 N–H and O–H groups in total. The van der Waals surface area contributed by atoms with Gasteiger partial charge in [0.1, 0.15) is 0 Å². The van der Waals surface area contributed by atoms with E-state index >= 15 is 0 Å². The highest BCUT2D eigenvalue weighted by Gasteiger charge is 2.14. The van der Waals surface area contributed by atoms with Crippen LogP contribution in [0.4, 0.5) is 0 Å². The Morgan fingerprint density at radius 2 is 2.43 bits per heavy atom. The van der Waals surface area contributed by atoms with E-state index in [0.717, 1.165) is 13.2 Å². The molecule has 0 aliphatic carbocycles. The summed E-state index contributed by atoms with van der Waals surface area (Å²) in [6.07, 6.45) is 1.33. The molecular weight excluding hydrogens is 92.1 g/mol. The molecule has 0 aromatic carbocycles. The molecule has 0 aromatic heterocycles. The van der Waals surface area contributed by atoms with Crippen molar-refractivity contribution in [3.05, 3.63) is 0 Å². The van der Waals surface area contributed by atoms with E-state index in [2.05, 4.69) is 4.99 Å². The molecule has 0 unspecified atom stereocenters. The highest BCUT2D eigenvalue weighted by atomic mass is 16.5. The Morgan fingerprint density at radius 1 is 1.71 bits per heavy atom. The fraction of sp³-hybridized carbons (Fsp3) is 0.750. The fourth-order valence-electron chi connectivity index (χ4n) is 0.431. The van der Waals surface area contributed by atoms with Gasteiger partial charge in [-0.25, -0.2) is 0 Å². The average Bonchev–Trinajstić information content (AvgIpc) is 1.55. The van der Waals surface area contributed by atoms with E-state index in [9.17, 15) is 0 Å². The molecule has 0 saturated carbocycles. The minimum absolute atomic E-state index is 0.352. The first-order valence-electron chi connectivity index (χ1n) is 2.24. The highest BCUT2D eigenvalue weighted by Crippen LogP contribution is 2.02. The van der Waals surface area contributed by atoms with Crippen molar-refractivity contribution in [1.82, 2.24) is 0 Å². The Labute approximate surface area is 42.2 Å². The molecule has 1 heterocycles. The third-order valence-electron chi connectivity index (χ3n) is 0.917. The van der Waals surface area contributed by atoms with Crippen molar-refractivity contribution in [2.45, 2.75) is 6.04 Å². The van der Waals surface area contributed by atoms with E-state index in [1.807, 2.05) is 0 Å². The van der Waals surface area contributed by atoms with Crippen molar-refractivity contribution in [2.24, 2.45) is 10.7 Å². The SMILES string of the molecule is NC=NC1COC1. The summed E-state index contributed by atoms with van der Waals surface area (Å²) in [5.74, 6) is 0. The molecule has 0 aromatic rings. The van der Waals surface area contributed by atoms with Gasteiger partial charge in [0.15, 0.2) is 0 Å². The molecule has 7 heavy (non-hydrogen) atoms. The Bertz CT molecular complexity index is 77.8. The van der Waals surface area contributed by atoms with Crippen LogP contribution in [0.1, 0.15) is 0 Å². The normalized spacial score (nSPS) is 22.9. The van der Waals surface area contributed by atoms with Gasteiger partial charge < -0.3 is 10.5 Å². The topological polar surface area (TPSA) is 47.6 Å². The van der Waals surface area contributed by atoms with Gasteiger partial charge in [0, 0.05) is 0 Å². The van der Waals surface area contributed by atoms with Crippen LogP contribution >= 0.6 is 0 Å². The predicted molar refractivity (Wildman–Crippen MR) is 27.3 cm³/mol. The van der Waals surface area contributed by atoms with Crippen LogP contribution in [0.15, 0.2) is 4.99 Å². The summed E-state index contributed by atoms with van der Waals surface area (Å²) in [5, 5.41) is 0. The number of rotatable bonds is 1. The molecule has 0 amide bonds. The lowest BCUT2D eigenvalue weighted by molar-refractivity contribution is 0.0135. The summed E-state index contributed by atoms with van der Waals surface area (Å²) in [5.41, 5.74) is 4.99. The first-order chi connectivity index (χ1) is 3.43. The van der Waals surface area contributed by atoms with E-state index in [4.69, 9.17) is 10.5 Å². The van der Waals surface area contributed by atoms with E-state index in [0.29, 0.717) is 6.04 Å². The summed E-state index contributed by atoms with van der Waals surface area (Å²) in [7, 11) is 0. The largest absolute Gasteiger partial charge is 0.390 e. The van der Waals surface area contributed by atoms with Gasteiger partial charge in [-0.3, -0.25) is 4.99 Å². The number of aliphatic imine (C=N–C) groups is 1. The van der Waals surface area contributed by atoms with Crippen LogP contribution in [-0.2, 0) is 4.74 Å². The van der Waals surface area contributed by atoms with Crippen molar-refractivity contribution in [3.63, 3.8) is 0 Å². The first kappa shape index (κ1) is 4.59. The van der Waals surface area contributed by atoms with Gasteiger partial charge in [-0.05, 0) is 0 Å². The van der Waals surface area contributed by atoms with Crippen LogP contribution in [-0.4, -0.2) is 25.6 Å². The zero-order chi connectivity index (χ0) is 5.11. The first-order valence-corrected chi connectivity index (χ1v) is 2.24. The number of hydrogen-bond acceptors (Lipinski definition) is 2. The summed E-state index contributed by atoms with van der Waals surface area (Å²) in [4.78, 5) is 3.86. The monoisotopic (exact) mass is 100 g/mol. The molecule has 3 nitrogen and oxygen atoms in total. The van der Waals surface area contributed by atoms with Crippen LogP contribution in [0.3, 0.4) is 0 Å².